The van der Waals surface area contributed by atoms with Crippen LogP contribution in [0.2, 0.25) is 0 Å². The lowest BCUT2D eigenvalue weighted by molar-refractivity contribution is -0.122. The summed E-state index contributed by atoms with van der Waals surface area (Å²) in [6, 6.07) is 6.32. The van der Waals surface area contributed by atoms with E-state index >= 15 is 0 Å². The van der Waals surface area contributed by atoms with Crippen LogP contribution in [0.1, 0.15) is 42.9 Å². The fourth-order valence-corrected chi connectivity index (χ4v) is 2.44. The van der Waals surface area contributed by atoms with Crippen molar-refractivity contribution in [3.8, 4) is 0 Å². The zero-order chi connectivity index (χ0) is 15.1. The molecule has 122 valence electrons. The Morgan fingerprint density at radius 1 is 1.09 bits per heavy atom. The van der Waals surface area contributed by atoms with E-state index in [1.54, 1.807) is 0 Å². The summed E-state index contributed by atoms with van der Waals surface area (Å²) in [4.78, 5) is 23.0. The van der Waals surface area contributed by atoms with E-state index in [9.17, 15) is 9.59 Å². The smallest absolute Gasteiger partial charge is 0.220 e. The summed E-state index contributed by atoms with van der Waals surface area (Å²) in [6.07, 6.45) is 1.39. The Labute approximate surface area is 137 Å². The van der Waals surface area contributed by atoms with Gasteiger partial charge in [0.2, 0.25) is 11.8 Å². The number of rotatable bonds is 7. The van der Waals surface area contributed by atoms with Crippen LogP contribution in [-0.2, 0) is 29.2 Å². The van der Waals surface area contributed by atoms with Gasteiger partial charge in [-0.05, 0) is 30.0 Å². The van der Waals surface area contributed by atoms with Gasteiger partial charge < -0.3 is 16.0 Å². The maximum atomic E-state index is 11.7. The highest BCUT2D eigenvalue weighted by Crippen LogP contribution is 2.16. The molecule has 22 heavy (non-hydrogen) atoms. The first-order valence-electron chi connectivity index (χ1n) is 7.54. The quantitative estimate of drug-likeness (QED) is 0.713. The van der Waals surface area contributed by atoms with Crippen molar-refractivity contribution in [2.24, 2.45) is 0 Å². The maximum Gasteiger partial charge on any atom is 0.220 e. The van der Waals surface area contributed by atoms with Crippen molar-refractivity contribution < 1.29 is 9.59 Å². The van der Waals surface area contributed by atoms with Gasteiger partial charge in [-0.3, -0.25) is 9.59 Å². The van der Waals surface area contributed by atoms with Crippen molar-refractivity contribution >= 4 is 24.2 Å². The summed E-state index contributed by atoms with van der Waals surface area (Å²) in [7, 11) is 0. The van der Waals surface area contributed by atoms with Gasteiger partial charge in [-0.1, -0.05) is 18.2 Å². The van der Waals surface area contributed by atoms with Crippen LogP contribution in [-0.4, -0.2) is 18.4 Å². The molecule has 2 rings (SSSR count). The number of amides is 2. The highest BCUT2D eigenvalue weighted by molar-refractivity contribution is 5.85. The first kappa shape index (κ1) is 18.5. The zero-order valence-electron chi connectivity index (χ0n) is 12.9. The molecule has 3 N–H and O–H groups in total. The first-order chi connectivity index (χ1) is 10.2. The van der Waals surface area contributed by atoms with Crippen LogP contribution in [0, 0.1) is 0 Å². The molecule has 0 bridgehead atoms. The SMILES string of the molecule is CCNC(=O)CCCC(=O)NCc1ccc2c(c1)CNC2.Cl. The molecule has 0 aliphatic carbocycles. The second-order valence-electron chi connectivity index (χ2n) is 5.29. The number of halogens is 1. The fraction of sp³-hybridized carbons (Fsp3) is 0.500. The summed E-state index contributed by atoms with van der Waals surface area (Å²) >= 11 is 0. The van der Waals surface area contributed by atoms with Gasteiger partial charge in [-0.15, -0.1) is 12.4 Å². The normalized spacial score (nSPS) is 12.2. The van der Waals surface area contributed by atoms with Gasteiger partial charge in [-0.25, -0.2) is 0 Å². The lowest BCUT2D eigenvalue weighted by atomic mass is 10.1. The molecular weight excluding hydrogens is 302 g/mol. The summed E-state index contributed by atoms with van der Waals surface area (Å²) in [5.41, 5.74) is 3.78. The molecule has 1 aliphatic heterocycles. The van der Waals surface area contributed by atoms with Gasteiger partial charge >= 0.3 is 0 Å². The molecule has 2 amide bonds. The van der Waals surface area contributed by atoms with Gasteiger partial charge in [0, 0.05) is 39.0 Å². The topological polar surface area (TPSA) is 70.2 Å². The highest BCUT2D eigenvalue weighted by atomic mass is 35.5. The minimum absolute atomic E-state index is 0. The molecule has 0 atom stereocenters. The number of carbonyl (C=O) groups is 2. The number of hydrogen-bond acceptors (Lipinski definition) is 3. The Morgan fingerprint density at radius 3 is 2.50 bits per heavy atom. The van der Waals surface area contributed by atoms with Crippen molar-refractivity contribution in [3.05, 3.63) is 34.9 Å². The Hall–Kier alpha value is -1.59. The van der Waals surface area contributed by atoms with Gasteiger partial charge in [0.15, 0.2) is 0 Å². The molecule has 0 saturated heterocycles. The van der Waals surface area contributed by atoms with Crippen LogP contribution in [0.25, 0.3) is 0 Å². The number of benzene rings is 1. The lowest BCUT2D eigenvalue weighted by Crippen LogP contribution is -2.25. The van der Waals surface area contributed by atoms with Crippen molar-refractivity contribution in [2.45, 2.75) is 45.8 Å². The van der Waals surface area contributed by atoms with E-state index in [0.29, 0.717) is 32.4 Å². The van der Waals surface area contributed by atoms with E-state index < -0.39 is 0 Å². The molecule has 0 radical (unpaired) electrons. The Bertz CT molecular complexity index is 520. The number of fused-ring (bicyclic) bond motifs is 1. The highest BCUT2D eigenvalue weighted by Gasteiger charge is 2.10. The zero-order valence-corrected chi connectivity index (χ0v) is 13.7. The molecule has 0 spiro atoms. The fourth-order valence-electron chi connectivity index (χ4n) is 2.44. The molecule has 1 aromatic rings. The molecule has 6 heteroatoms. The molecule has 1 heterocycles. The summed E-state index contributed by atoms with van der Waals surface area (Å²) in [5.74, 6) is 0.00865. The molecule has 0 fully saturated rings. The molecule has 0 saturated carbocycles. The van der Waals surface area contributed by atoms with Crippen LogP contribution >= 0.6 is 12.4 Å². The third-order valence-corrected chi connectivity index (χ3v) is 3.57. The van der Waals surface area contributed by atoms with Gasteiger partial charge in [0.25, 0.3) is 0 Å². The third kappa shape index (κ3) is 5.66. The second kappa shape index (κ2) is 9.43. The molecule has 1 aliphatic rings. The molecule has 1 aromatic carbocycles. The van der Waals surface area contributed by atoms with E-state index in [1.165, 1.54) is 11.1 Å². The van der Waals surface area contributed by atoms with Crippen molar-refractivity contribution in [1.29, 1.82) is 0 Å². The van der Waals surface area contributed by atoms with Crippen LogP contribution in [0.5, 0.6) is 0 Å². The van der Waals surface area contributed by atoms with E-state index in [1.807, 2.05) is 6.92 Å². The second-order valence-corrected chi connectivity index (χ2v) is 5.29. The third-order valence-electron chi connectivity index (χ3n) is 3.57. The average molecular weight is 326 g/mol. The summed E-state index contributed by atoms with van der Waals surface area (Å²) in [5, 5.41) is 8.93. The van der Waals surface area contributed by atoms with Crippen molar-refractivity contribution in [1.82, 2.24) is 16.0 Å². The van der Waals surface area contributed by atoms with Crippen LogP contribution < -0.4 is 16.0 Å². The van der Waals surface area contributed by atoms with Crippen LogP contribution in [0.15, 0.2) is 18.2 Å². The predicted octanol–water partition coefficient (Wildman–Crippen LogP) is 1.63. The number of hydrogen-bond donors (Lipinski definition) is 3. The maximum absolute atomic E-state index is 11.7. The molecular formula is C16H24ClN3O2. The van der Waals surface area contributed by atoms with E-state index in [2.05, 4.69) is 34.1 Å². The summed E-state index contributed by atoms with van der Waals surface area (Å²) in [6.45, 7) is 4.91. The van der Waals surface area contributed by atoms with E-state index in [0.717, 1.165) is 18.7 Å². The standard InChI is InChI=1S/C16H23N3O2.ClH/c1-2-18-15(20)4-3-5-16(21)19-9-12-6-7-13-10-17-11-14(13)8-12;/h6-8,17H,2-5,9-11H2,1H3,(H,18,20)(H,19,21);1H. The number of nitrogens with one attached hydrogen (secondary N) is 3. The predicted molar refractivity (Wildman–Crippen MR) is 88.6 cm³/mol. The monoisotopic (exact) mass is 325 g/mol. The molecule has 0 aromatic heterocycles. The van der Waals surface area contributed by atoms with Gasteiger partial charge in [0.05, 0.1) is 0 Å². The first-order valence-corrected chi connectivity index (χ1v) is 7.54. The van der Waals surface area contributed by atoms with Crippen LogP contribution in [0.4, 0.5) is 0 Å². The molecule has 0 unspecified atom stereocenters. The van der Waals surface area contributed by atoms with Gasteiger partial charge in [0.1, 0.15) is 0 Å². The largest absolute Gasteiger partial charge is 0.356 e. The number of carbonyl (C=O) groups excluding carboxylic acids is 2. The summed E-state index contributed by atoms with van der Waals surface area (Å²) < 4.78 is 0. The van der Waals surface area contributed by atoms with Crippen molar-refractivity contribution in [3.63, 3.8) is 0 Å². The Kier molecular flexibility index (Phi) is 7.91. The van der Waals surface area contributed by atoms with E-state index in [4.69, 9.17) is 0 Å². The average Bonchev–Trinajstić information content (AvgIpc) is 2.93. The van der Waals surface area contributed by atoms with Gasteiger partial charge in [-0.2, -0.15) is 0 Å². The van der Waals surface area contributed by atoms with Crippen molar-refractivity contribution in [2.75, 3.05) is 6.54 Å². The minimum Gasteiger partial charge on any atom is -0.356 e. The van der Waals surface area contributed by atoms with E-state index in [-0.39, 0.29) is 24.2 Å². The molecule has 5 nitrogen and oxygen atoms in total. The Morgan fingerprint density at radius 2 is 1.77 bits per heavy atom. The minimum atomic E-state index is -0.00192. The lowest BCUT2D eigenvalue weighted by Gasteiger charge is -2.07. The van der Waals surface area contributed by atoms with Crippen LogP contribution in [0.3, 0.4) is 0 Å². The Balaban J connectivity index is 0.00000242.